The number of nitrogens with zero attached hydrogens (tertiary/aromatic N) is 2. The summed E-state index contributed by atoms with van der Waals surface area (Å²) in [5, 5.41) is 9.31. The minimum Gasteiger partial charge on any atom is -0.496 e. The molecule has 1 aromatic heterocycles. The molecule has 0 bridgehead atoms. The summed E-state index contributed by atoms with van der Waals surface area (Å²) in [5.74, 6) is 0.0624. The van der Waals surface area contributed by atoms with Gasteiger partial charge in [0.25, 0.3) is 5.91 Å². The number of fused-ring (bicyclic) bond motifs is 1. The molecular formula is C26H31FN6O4S. The number of aromatic nitrogens is 1. The van der Waals surface area contributed by atoms with E-state index in [0.717, 1.165) is 33.6 Å². The fraction of sp³-hybridized carbons (Fsp3) is 0.308. The predicted octanol–water partition coefficient (Wildman–Crippen LogP) is 3.66. The second-order valence-corrected chi connectivity index (χ2v) is 9.36. The van der Waals surface area contributed by atoms with Gasteiger partial charge in [-0.1, -0.05) is 24.7 Å². The molecule has 10 nitrogen and oxygen atoms in total. The highest BCUT2D eigenvalue weighted by Crippen LogP contribution is 2.38. The lowest BCUT2D eigenvalue weighted by molar-refractivity contribution is -0.118. The Morgan fingerprint density at radius 1 is 1.32 bits per heavy atom. The number of halogens is 1. The van der Waals surface area contributed by atoms with E-state index < -0.39 is 11.7 Å². The first-order chi connectivity index (χ1) is 18.4. The molecule has 3 aromatic rings. The molecule has 202 valence electrons. The van der Waals surface area contributed by atoms with Gasteiger partial charge in [0.1, 0.15) is 23.5 Å². The minimum atomic E-state index is -1.01. The number of carbonyl (C=O) groups excluding carboxylic acids is 1. The Bertz CT molecular complexity index is 1340. The third-order valence-electron chi connectivity index (χ3n) is 5.79. The van der Waals surface area contributed by atoms with Crippen LogP contribution >= 0.6 is 11.9 Å². The molecular weight excluding hydrogens is 511 g/mol. The zero-order valence-electron chi connectivity index (χ0n) is 21.3. The molecule has 0 saturated carbocycles. The van der Waals surface area contributed by atoms with Crippen LogP contribution in [0.15, 0.2) is 63.9 Å². The number of amides is 1. The zero-order valence-corrected chi connectivity index (χ0v) is 22.1. The topological polar surface area (TPSA) is 127 Å². The maximum absolute atomic E-state index is 12.9. The highest BCUT2D eigenvalue weighted by atomic mass is 32.2. The van der Waals surface area contributed by atoms with Crippen LogP contribution in [-0.2, 0) is 17.8 Å². The Hall–Kier alpha value is -3.74. The van der Waals surface area contributed by atoms with Crippen molar-refractivity contribution < 1.29 is 23.2 Å². The van der Waals surface area contributed by atoms with Gasteiger partial charge in [-0.05, 0) is 59.3 Å². The van der Waals surface area contributed by atoms with Crippen molar-refractivity contribution in [3.05, 3.63) is 65.6 Å². The Morgan fingerprint density at radius 2 is 2.16 bits per heavy atom. The molecule has 0 fully saturated rings. The van der Waals surface area contributed by atoms with Crippen molar-refractivity contribution in [2.24, 2.45) is 5.73 Å². The fourth-order valence-electron chi connectivity index (χ4n) is 3.87. The number of nitrogens with one attached hydrogen (secondary N) is 3. The average molecular weight is 543 g/mol. The molecule has 4 rings (SSSR count). The van der Waals surface area contributed by atoms with Crippen LogP contribution in [0.2, 0.25) is 0 Å². The van der Waals surface area contributed by atoms with Crippen LogP contribution in [0.5, 0.6) is 11.5 Å². The van der Waals surface area contributed by atoms with Crippen molar-refractivity contribution >= 4 is 34.6 Å². The molecule has 0 radical (unpaired) electrons. The summed E-state index contributed by atoms with van der Waals surface area (Å²) in [5.41, 5.74) is 12.4. The van der Waals surface area contributed by atoms with Crippen LogP contribution in [0.3, 0.4) is 0 Å². The number of hydrogen-bond donors (Lipinski definition) is 4. The van der Waals surface area contributed by atoms with Crippen LogP contribution in [-0.4, -0.2) is 49.4 Å². The average Bonchev–Trinajstić information content (AvgIpc) is 3.55. The number of anilines is 1. The van der Waals surface area contributed by atoms with E-state index >= 15 is 0 Å². The molecule has 1 amide bonds. The van der Waals surface area contributed by atoms with E-state index in [1.54, 1.807) is 7.11 Å². The lowest BCUT2D eigenvalue weighted by atomic mass is 10.1. The van der Waals surface area contributed by atoms with Crippen LogP contribution in [0.4, 0.5) is 10.2 Å². The van der Waals surface area contributed by atoms with Gasteiger partial charge in [-0.2, -0.15) is 0 Å². The number of ether oxygens (including phenoxy) is 2. The second kappa shape index (κ2) is 12.7. The number of methoxy groups -OCH3 is 1. The van der Waals surface area contributed by atoms with Gasteiger partial charge < -0.3 is 34.8 Å². The summed E-state index contributed by atoms with van der Waals surface area (Å²) in [4.78, 5) is 12.3. The van der Waals surface area contributed by atoms with Gasteiger partial charge in [-0.15, -0.1) is 0 Å². The third-order valence-corrected chi connectivity index (χ3v) is 6.62. The lowest BCUT2D eigenvalue weighted by Gasteiger charge is -2.16. The molecule has 38 heavy (non-hydrogen) atoms. The smallest absolute Gasteiger partial charge is 0.279 e. The summed E-state index contributed by atoms with van der Waals surface area (Å²) >= 11 is 1.38. The van der Waals surface area contributed by atoms with Crippen molar-refractivity contribution in [2.75, 3.05) is 38.1 Å². The number of hydrogen-bond acceptors (Lipinski definition) is 10. The summed E-state index contributed by atoms with van der Waals surface area (Å²) < 4.78 is 33.3. The summed E-state index contributed by atoms with van der Waals surface area (Å²) in [7, 11) is 1.60. The standard InChI is InChI=1S/C26H31FN6O4S/c1-4-17-5-6-20(36-8-7-28)23(11-17)38-32-25-24-21(35-3)9-18(10-22(24)37-31-25)14-33-15-19(13-30-33)12-29-26(34)16(2)27/h5-6,9-11,15,30H,2,4,7-8,12-14,28H2,1,3H3,(H,29,34)(H,31,32). The molecule has 0 saturated heterocycles. The monoisotopic (exact) mass is 542 g/mol. The summed E-state index contributed by atoms with van der Waals surface area (Å²) in [6, 6.07) is 9.88. The largest absolute Gasteiger partial charge is 0.496 e. The van der Waals surface area contributed by atoms with E-state index in [9.17, 15) is 9.18 Å². The molecule has 2 aromatic carbocycles. The van der Waals surface area contributed by atoms with Crippen molar-refractivity contribution in [1.82, 2.24) is 20.9 Å². The first kappa shape index (κ1) is 27.3. The van der Waals surface area contributed by atoms with Crippen LogP contribution in [0.25, 0.3) is 11.0 Å². The van der Waals surface area contributed by atoms with Crippen LogP contribution in [0, 0.1) is 0 Å². The Kier molecular flexibility index (Phi) is 9.10. The molecule has 2 heterocycles. The van der Waals surface area contributed by atoms with E-state index in [1.165, 1.54) is 17.5 Å². The van der Waals surface area contributed by atoms with E-state index in [4.69, 9.17) is 19.7 Å². The first-order valence-corrected chi connectivity index (χ1v) is 12.9. The van der Waals surface area contributed by atoms with E-state index in [0.29, 0.717) is 43.4 Å². The highest BCUT2D eigenvalue weighted by Gasteiger charge is 2.19. The van der Waals surface area contributed by atoms with E-state index in [-0.39, 0.29) is 6.54 Å². The summed E-state index contributed by atoms with van der Waals surface area (Å²) in [6.07, 6.45) is 2.77. The Morgan fingerprint density at radius 3 is 2.89 bits per heavy atom. The Balaban J connectivity index is 1.47. The molecule has 5 N–H and O–H groups in total. The maximum atomic E-state index is 12.9. The highest BCUT2D eigenvalue weighted by molar-refractivity contribution is 8.00. The number of hydrazine groups is 1. The maximum Gasteiger partial charge on any atom is 0.279 e. The molecule has 0 atom stereocenters. The number of nitrogens with two attached hydrogens (primary N) is 1. The molecule has 12 heteroatoms. The van der Waals surface area contributed by atoms with Crippen molar-refractivity contribution in [2.45, 2.75) is 24.8 Å². The minimum absolute atomic E-state index is 0.225. The van der Waals surface area contributed by atoms with Crippen LogP contribution < -0.4 is 30.7 Å². The lowest BCUT2D eigenvalue weighted by Crippen LogP contribution is -2.29. The second-order valence-electron chi connectivity index (χ2n) is 8.52. The first-order valence-electron chi connectivity index (χ1n) is 12.1. The number of carbonyl (C=O) groups is 1. The Labute approximate surface area is 224 Å². The molecule has 0 aliphatic carbocycles. The van der Waals surface area contributed by atoms with Gasteiger partial charge in [0, 0.05) is 25.8 Å². The quantitative estimate of drug-likeness (QED) is 0.188. The molecule has 0 spiro atoms. The van der Waals surface area contributed by atoms with E-state index in [2.05, 4.69) is 40.2 Å². The fourth-order valence-corrected chi connectivity index (χ4v) is 4.65. The number of aryl methyl sites for hydroxylation is 1. The zero-order chi connectivity index (χ0) is 27.1. The van der Waals surface area contributed by atoms with Crippen molar-refractivity contribution in [3.63, 3.8) is 0 Å². The van der Waals surface area contributed by atoms with Crippen molar-refractivity contribution in [3.8, 4) is 11.5 Å². The SMILES string of the molecule is C=C(F)C(=O)NCC1=CN(Cc2cc(OC)c3c(NSc4cc(CC)ccc4OCCN)noc3c2)NC1. The van der Waals surface area contributed by atoms with E-state index in [1.807, 2.05) is 35.5 Å². The molecule has 1 aliphatic rings. The third kappa shape index (κ3) is 6.57. The normalized spacial score (nSPS) is 12.9. The van der Waals surface area contributed by atoms with Gasteiger partial charge >= 0.3 is 0 Å². The van der Waals surface area contributed by atoms with Crippen LogP contribution in [0.1, 0.15) is 18.1 Å². The number of rotatable bonds is 13. The van der Waals surface area contributed by atoms with Gasteiger partial charge in [-0.3, -0.25) is 4.79 Å². The summed E-state index contributed by atoms with van der Waals surface area (Å²) in [6.45, 7) is 7.20. The van der Waals surface area contributed by atoms with Gasteiger partial charge in [0.15, 0.2) is 17.2 Å². The number of benzene rings is 2. The molecule has 1 aliphatic heterocycles. The van der Waals surface area contributed by atoms with Gasteiger partial charge in [-0.25, -0.2) is 9.82 Å². The predicted molar refractivity (Wildman–Crippen MR) is 145 cm³/mol. The van der Waals surface area contributed by atoms with Gasteiger partial charge in [0.2, 0.25) is 0 Å². The van der Waals surface area contributed by atoms with Gasteiger partial charge in [0.05, 0.1) is 18.6 Å². The molecule has 0 unspecified atom stereocenters. The van der Waals surface area contributed by atoms with Crippen molar-refractivity contribution in [1.29, 1.82) is 0 Å².